The van der Waals surface area contributed by atoms with E-state index in [-0.39, 0.29) is 19.0 Å². The van der Waals surface area contributed by atoms with Gasteiger partial charge in [0.25, 0.3) is 0 Å². The Morgan fingerprint density at radius 2 is 1.81 bits per heavy atom. The fourth-order valence-electron chi connectivity index (χ4n) is 3.45. The van der Waals surface area contributed by atoms with Crippen molar-refractivity contribution in [2.75, 3.05) is 13.2 Å². The second kappa shape index (κ2) is 7.16. The maximum Gasteiger partial charge on any atom is 0.337 e. The van der Waals surface area contributed by atoms with Crippen LogP contribution in [0.15, 0.2) is 48.0 Å². The van der Waals surface area contributed by atoms with Gasteiger partial charge in [-0.15, -0.1) is 0 Å². The van der Waals surface area contributed by atoms with Gasteiger partial charge in [-0.2, -0.15) is 0 Å². The van der Waals surface area contributed by atoms with Gasteiger partial charge in [-0.1, -0.05) is 30.3 Å². The first kappa shape index (κ1) is 16.6. The number of benzene rings is 2. The minimum Gasteiger partial charge on any atom is -0.488 e. The van der Waals surface area contributed by atoms with E-state index >= 15 is 0 Å². The number of fused-ring (bicyclic) bond motifs is 2. The molecule has 0 atom stereocenters. The molecule has 0 saturated heterocycles. The van der Waals surface area contributed by atoms with Crippen LogP contribution in [0.4, 0.5) is 0 Å². The molecule has 0 amide bonds. The molecular formula is C22H20O4. The first-order chi connectivity index (χ1) is 12.7. The largest absolute Gasteiger partial charge is 0.488 e. The van der Waals surface area contributed by atoms with Crippen molar-refractivity contribution in [2.24, 2.45) is 0 Å². The Morgan fingerprint density at radius 3 is 2.69 bits per heavy atom. The number of rotatable bonds is 4. The number of ketones is 1. The van der Waals surface area contributed by atoms with Gasteiger partial charge in [0, 0.05) is 11.1 Å². The predicted octanol–water partition coefficient (Wildman–Crippen LogP) is 3.77. The molecule has 1 aliphatic carbocycles. The van der Waals surface area contributed by atoms with Crippen LogP contribution in [0, 0.1) is 0 Å². The van der Waals surface area contributed by atoms with Crippen molar-refractivity contribution in [1.82, 2.24) is 0 Å². The lowest BCUT2D eigenvalue weighted by molar-refractivity contribution is -0.138. The summed E-state index contributed by atoms with van der Waals surface area (Å²) in [5.74, 6) is 0.0597. The Kier molecular flexibility index (Phi) is 4.57. The van der Waals surface area contributed by atoms with Crippen LogP contribution in [0.25, 0.3) is 6.08 Å². The van der Waals surface area contributed by atoms with E-state index in [1.54, 1.807) is 6.08 Å². The second-order valence-electron chi connectivity index (χ2n) is 6.69. The van der Waals surface area contributed by atoms with Crippen LogP contribution in [0.3, 0.4) is 0 Å². The third-order valence-electron chi connectivity index (χ3n) is 4.90. The van der Waals surface area contributed by atoms with E-state index in [9.17, 15) is 9.59 Å². The van der Waals surface area contributed by atoms with Crippen molar-refractivity contribution >= 4 is 17.8 Å². The van der Waals surface area contributed by atoms with E-state index in [1.807, 2.05) is 42.5 Å². The van der Waals surface area contributed by atoms with E-state index in [4.69, 9.17) is 9.47 Å². The van der Waals surface area contributed by atoms with E-state index in [0.29, 0.717) is 11.1 Å². The second-order valence-corrected chi connectivity index (χ2v) is 6.69. The van der Waals surface area contributed by atoms with Crippen molar-refractivity contribution in [3.63, 3.8) is 0 Å². The molecule has 132 valence electrons. The Bertz CT molecular complexity index is 895. The predicted molar refractivity (Wildman–Crippen MR) is 98.3 cm³/mol. The van der Waals surface area contributed by atoms with Gasteiger partial charge in [-0.05, 0) is 55.0 Å². The highest BCUT2D eigenvalue weighted by atomic mass is 16.5. The molecule has 0 bridgehead atoms. The summed E-state index contributed by atoms with van der Waals surface area (Å²) >= 11 is 0. The number of hydrogen-bond acceptors (Lipinski definition) is 4. The van der Waals surface area contributed by atoms with Crippen LogP contribution in [-0.2, 0) is 22.4 Å². The Balaban J connectivity index is 1.40. The van der Waals surface area contributed by atoms with Gasteiger partial charge in [0.2, 0.25) is 0 Å². The molecule has 4 nitrogen and oxygen atoms in total. The van der Waals surface area contributed by atoms with Crippen molar-refractivity contribution < 1.29 is 19.1 Å². The summed E-state index contributed by atoms with van der Waals surface area (Å²) in [6, 6.07) is 13.3. The standard InChI is InChI=1S/C22H20O4/c23-20(17-10-9-15-5-1-2-6-16(15)11-17)14-26-22(24)19-12-18-7-3-4-8-21(18)25-13-19/h3-4,7-12H,1-2,5-6,13-14H2. The molecule has 0 radical (unpaired) electrons. The average molecular weight is 348 g/mol. The van der Waals surface area contributed by atoms with Crippen molar-refractivity contribution in [2.45, 2.75) is 25.7 Å². The minimum absolute atomic E-state index is 0.156. The highest BCUT2D eigenvalue weighted by Crippen LogP contribution is 2.26. The number of ether oxygens (including phenoxy) is 2. The molecular weight excluding hydrogens is 328 g/mol. The summed E-state index contributed by atoms with van der Waals surface area (Å²) in [5.41, 5.74) is 4.44. The van der Waals surface area contributed by atoms with E-state index in [2.05, 4.69) is 0 Å². The van der Waals surface area contributed by atoms with Crippen molar-refractivity contribution in [3.8, 4) is 5.75 Å². The number of carbonyl (C=O) groups is 2. The molecule has 0 aromatic heterocycles. The molecule has 0 saturated carbocycles. The van der Waals surface area contributed by atoms with Crippen LogP contribution < -0.4 is 4.74 Å². The lowest BCUT2D eigenvalue weighted by Crippen LogP contribution is -2.20. The van der Waals surface area contributed by atoms with Gasteiger partial charge in [-0.25, -0.2) is 4.79 Å². The Morgan fingerprint density at radius 1 is 1.00 bits per heavy atom. The molecule has 4 heteroatoms. The SMILES string of the molecule is O=C(OCC(=O)c1ccc2c(c1)CCCC2)C1=Cc2ccccc2OC1. The Labute approximate surface area is 152 Å². The fraction of sp³-hybridized carbons (Fsp3) is 0.273. The highest BCUT2D eigenvalue weighted by Gasteiger charge is 2.20. The molecule has 1 aliphatic heterocycles. The van der Waals surface area contributed by atoms with E-state index in [0.717, 1.165) is 30.6 Å². The van der Waals surface area contributed by atoms with Gasteiger partial charge < -0.3 is 9.47 Å². The first-order valence-electron chi connectivity index (χ1n) is 8.95. The first-order valence-corrected chi connectivity index (χ1v) is 8.95. The third-order valence-corrected chi connectivity index (χ3v) is 4.90. The molecule has 0 spiro atoms. The van der Waals surface area contributed by atoms with Crippen LogP contribution >= 0.6 is 0 Å². The number of para-hydroxylation sites is 1. The number of hydrogen-bond donors (Lipinski definition) is 0. The lowest BCUT2D eigenvalue weighted by Gasteiger charge is -2.17. The van der Waals surface area contributed by atoms with E-state index in [1.165, 1.54) is 17.5 Å². The van der Waals surface area contributed by atoms with Gasteiger partial charge in [0.05, 0.1) is 5.57 Å². The molecule has 26 heavy (non-hydrogen) atoms. The summed E-state index contributed by atoms with van der Waals surface area (Å²) in [6.07, 6.45) is 6.21. The summed E-state index contributed by atoms with van der Waals surface area (Å²) in [6.45, 7) is -0.0977. The molecule has 2 aromatic carbocycles. The van der Waals surface area contributed by atoms with Gasteiger partial charge >= 0.3 is 5.97 Å². The van der Waals surface area contributed by atoms with Gasteiger partial charge in [0.1, 0.15) is 12.4 Å². The smallest absolute Gasteiger partial charge is 0.337 e. The van der Waals surface area contributed by atoms with Crippen LogP contribution in [0.2, 0.25) is 0 Å². The van der Waals surface area contributed by atoms with Gasteiger partial charge in [0.15, 0.2) is 12.4 Å². The van der Waals surface area contributed by atoms with E-state index < -0.39 is 5.97 Å². The Hall–Kier alpha value is -2.88. The van der Waals surface area contributed by atoms with Gasteiger partial charge in [-0.3, -0.25) is 4.79 Å². The zero-order valence-corrected chi connectivity index (χ0v) is 14.5. The van der Waals surface area contributed by atoms with Crippen molar-refractivity contribution in [3.05, 3.63) is 70.3 Å². The minimum atomic E-state index is -0.509. The summed E-state index contributed by atoms with van der Waals surface area (Å²) in [5, 5.41) is 0. The molecule has 2 aliphatic rings. The van der Waals surface area contributed by atoms with Crippen LogP contribution in [0.1, 0.15) is 39.9 Å². The summed E-state index contributed by atoms with van der Waals surface area (Å²) < 4.78 is 10.8. The maximum absolute atomic E-state index is 12.4. The molecule has 0 N–H and O–H groups in total. The number of aryl methyl sites for hydroxylation is 2. The number of carbonyl (C=O) groups excluding carboxylic acids is 2. The average Bonchev–Trinajstić information content (AvgIpc) is 2.71. The lowest BCUT2D eigenvalue weighted by atomic mass is 9.90. The fourth-order valence-corrected chi connectivity index (χ4v) is 3.45. The zero-order chi connectivity index (χ0) is 17.9. The van der Waals surface area contributed by atoms with Crippen molar-refractivity contribution in [1.29, 1.82) is 0 Å². The molecule has 1 heterocycles. The molecule has 0 unspecified atom stereocenters. The van der Waals surface area contributed by atoms with Crippen LogP contribution in [0.5, 0.6) is 5.75 Å². The normalized spacial score (nSPS) is 15.2. The molecule has 4 rings (SSSR count). The third kappa shape index (κ3) is 3.40. The molecule has 0 fully saturated rings. The highest BCUT2D eigenvalue weighted by molar-refractivity contribution is 6.00. The zero-order valence-electron chi connectivity index (χ0n) is 14.5. The summed E-state index contributed by atoms with van der Waals surface area (Å²) in [7, 11) is 0. The topological polar surface area (TPSA) is 52.6 Å². The van der Waals surface area contributed by atoms with Crippen LogP contribution in [-0.4, -0.2) is 25.0 Å². The summed E-state index contributed by atoms with van der Waals surface area (Å²) in [4.78, 5) is 24.6. The number of esters is 1. The molecule has 2 aromatic rings. The monoisotopic (exact) mass is 348 g/mol. The quantitative estimate of drug-likeness (QED) is 0.623. The number of Topliss-reactive ketones (excluding diaryl/α,β-unsaturated/α-hetero) is 1. The maximum atomic E-state index is 12.4.